The van der Waals surface area contributed by atoms with Crippen LogP contribution in [0.3, 0.4) is 0 Å². The molecule has 1 fully saturated rings. The number of fused-ring (bicyclic) bond motifs is 2. The second kappa shape index (κ2) is 3.86. The maximum atomic E-state index is 13.3. The Balaban J connectivity index is 2.02. The van der Waals surface area contributed by atoms with Crippen LogP contribution in [0, 0.1) is 0 Å². The van der Waals surface area contributed by atoms with E-state index in [1.165, 1.54) is 0 Å². The number of benzene rings is 1. The number of rotatable bonds is 0. The van der Waals surface area contributed by atoms with Gasteiger partial charge in [0, 0.05) is 23.7 Å². The predicted molar refractivity (Wildman–Crippen MR) is 67.9 cm³/mol. The van der Waals surface area contributed by atoms with Gasteiger partial charge in [-0.3, -0.25) is 4.79 Å². The van der Waals surface area contributed by atoms with Crippen molar-refractivity contribution in [2.24, 2.45) is 0 Å². The first-order chi connectivity index (χ1) is 8.43. The monoisotopic (exact) mass is 314 g/mol. The number of hydrogen-bond acceptors (Lipinski definition) is 1. The minimum Gasteiger partial charge on any atom is -0.298 e. The van der Waals surface area contributed by atoms with E-state index in [4.69, 9.17) is 0 Å². The van der Waals surface area contributed by atoms with E-state index in [0.717, 1.165) is 15.6 Å². The van der Waals surface area contributed by atoms with E-state index < -0.39 is 11.3 Å². The Morgan fingerprint density at radius 3 is 2.44 bits per heavy atom. The van der Waals surface area contributed by atoms with Gasteiger partial charge in [-0.1, -0.05) is 22.0 Å². The highest BCUT2D eigenvalue weighted by Crippen LogP contribution is 2.50. The molecule has 1 nitrogen and oxygen atoms in total. The zero-order chi connectivity index (χ0) is 13.0. The van der Waals surface area contributed by atoms with Crippen molar-refractivity contribution < 1.29 is 13.6 Å². The lowest BCUT2D eigenvalue weighted by atomic mass is 9.68. The highest BCUT2D eigenvalue weighted by atomic mass is 79.9. The molecule has 0 aliphatic heterocycles. The largest absolute Gasteiger partial charge is 0.298 e. The van der Waals surface area contributed by atoms with Crippen LogP contribution >= 0.6 is 15.9 Å². The Morgan fingerprint density at radius 2 is 1.78 bits per heavy atom. The normalized spacial score (nSPS) is 24.3. The molecule has 0 saturated heterocycles. The van der Waals surface area contributed by atoms with Crippen LogP contribution in [0.15, 0.2) is 22.7 Å². The SMILES string of the molecule is O=C1Cc2cc(Br)ccc2C12CCC(F)(F)CC2. The lowest BCUT2D eigenvalue weighted by molar-refractivity contribution is -0.127. The summed E-state index contributed by atoms with van der Waals surface area (Å²) in [5.74, 6) is -2.48. The van der Waals surface area contributed by atoms with Gasteiger partial charge in [0.15, 0.2) is 0 Å². The zero-order valence-corrected chi connectivity index (χ0v) is 11.4. The zero-order valence-electron chi connectivity index (χ0n) is 9.81. The first-order valence-corrected chi connectivity index (χ1v) is 6.92. The minimum absolute atomic E-state index is 0.117. The van der Waals surface area contributed by atoms with Gasteiger partial charge in [-0.25, -0.2) is 8.78 Å². The van der Waals surface area contributed by atoms with E-state index in [-0.39, 0.29) is 31.5 Å². The van der Waals surface area contributed by atoms with Gasteiger partial charge < -0.3 is 0 Å². The minimum atomic E-state index is -2.59. The molecule has 3 rings (SSSR count). The van der Waals surface area contributed by atoms with Gasteiger partial charge in [0.05, 0.1) is 5.41 Å². The summed E-state index contributed by atoms with van der Waals surface area (Å²) in [6.07, 6.45) is 0.615. The molecule has 1 spiro atoms. The number of hydrogen-bond donors (Lipinski definition) is 0. The first kappa shape index (κ1) is 12.3. The standard InChI is InChI=1S/C14H13BrF2O/c15-10-1-2-11-9(7-10)8-12(18)13(11)3-5-14(16,17)6-4-13/h1-2,7H,3-6,8H2. The Labute approximate surface area is 113 Å². The van der Waals surface area contributed by atoms with Crippen LogP contribution in [0.4, 0.5) is 8.78 Å². The molecule has 0 N–H and O–H groups in total. The fraction of sp³-hybridized carbons (Fsp3) is 0.500. The molecule has 0 atom stereocenters. The number of carbonyl (C=O) groups excluding carboxylic acids is 1. The molecule has 4 heteroatoms. The quantitative estimate of drug-likeness (QED) is 0.707. The molecule has 96 valence electrons. The fourth-order valence-electron chi connectivity index (χ4n) is 3.26. The molecule has 0 bridgehead atoms. The highest BCUT2D eigenvalue weighted by molar-refractivity contribution is 9.10. The van der Waals surface area contributed by atoms with E-state index in [2.05, 4.69) is 15.9 Å². The maximum Gasteiger partial charge on any atom is 0.248 e. The van der Waals surface area contributed by atoms with Crippen molar-refractivity contribution in [2.45, 2.75) is 43.4 Å². The smallest absolute Gasteiger partial charge is 0.248 e. The van der Waals surface area contributed by atoms with Crippen molar-refractivity contribution in [3.8, 4) is 0 Å². The van der Waals surface area contributed by atoms with Crippen molar-refractivity contribution >= 4 is 21.7 Å². The number of Topliss-reactive ketones (excluding diaryl/α,β-unsaturated/α-hetero) is 1. The average molecular weight is 315 g/mol. The molecule has 1 aromatic carbocycles. The summed E-state index contributed by atoms with van der Waals surface area (Å²) in [5, 5.41) is 0. The third kappa shape index (κ3) is 1.73. The summed E-state index contributed by atoms with van der Waals surface area (Å²) < 4.78 is 27.5. The van der Waals surface area contributed by atoms with Crippen LogP contribution in [-0.2, 0) is 16.6 Å². The molecule has 1 saturated carbocycles. The van der Waals surface area contributed by atoms with E-state index >= 15 is 0 Å². The van der Waals surface area contributed by atoms with Crippen LogP contribution in [-0.4, -0.2) is 11.7 Å². The lowest BCUT2D eigenvalue weighted by Crippen LogP contribution is -2.40. The molecule has 2 aliphatic rings. The van der Waals surface area contributed by atoms with Crippen LogP contribution in [0.25, 0.3) is 0 Å². The summed E-state index contributed by atoms with van der Waals surface area (Å²) in [4.78, 5) is 12.3. The van der Waals surface area contributed by atoms with Crippen molar-refractivity contribution in [3.05, 3.63) is 33.8 Å². The van der Waals surface area contributed by atoms with E-state index in [9.17, 15) is 13.6 Å². The van der Waals surface area contributed by atoms with Crippen molar-refractivity contribution in [3.63, 3.8) is 0 Å². The van der Waals surface area contributed by atoms with E-state index in [1.807, 2.05) is 18.2 Å². The molecule has 0 radical (unpaired) electrons. The summed E-state index contributed by atoms with van der Waals surface area (Å²) >= 11 is 3.38. The van der Waals surface area contributed by atoms with Crippen molar-refractivity contribution in [2.75, 3.05) is 0 Å². The molecule has 0 aromatic heterocycles. The van der Waals surface area contributed by atoms with Gasteiger partial charge in [-0.05, 0) is 36.1 Å². The Bertz CT molecular complexity index is 515. The highest BCUT2D eigenvalue weighted by Gasteiger charge is 2.51. The Morgan fingerprint density at radius 1 is 1.11 bits per heavy atom. The molecule has 0 amide bonds. The molecule has 2 aliphatic carbocycles. The topological polar surface area (TPSA) is 17.1 Å². The van der Waals surface area contributed by atoms with E-state index in [0.29, 0.717) is 6.42 Å². The maximum absolute atomic E-state index is 13.3. The Kier molecular flexibility index (Phi) is 2.63. The van der Waals surface area contributed by atoms with Gasteiger partial charge in [0.25, 0.3) is 0 Å². The lowest BCUT2D eigenvalue weighted by Gasteiger charge is -2.36. The number of ketones is 1. The summed E-state index contributed by atoms with van der Waals surface area (Å²) in [6.45, 7) is 0. The summed E-state index contributed by atoms with van der Waals surface area (Å²) in [5.41, 5.74) is 1.35. The molecular formula is C14H13BrF2O. The predicted octanol–water partition coefficient (Wildman–Crippen LogP) is 4.02. The van der Waals surface area contributed by atoms with Crippen molar-refractivity contribution in [1.29, 1.82) is 0 Å². The van der Waals surface area contributed by atoms with Crippen LogP contribution in [0.5, 0.6) is 0 Å². The number of carbonyl (C=O) groups is 1. The third-order valence-corrected chi connectivity index (χ3v) is 4.80. The van der Waals surface area contributed by atoms with Gasteiger partial charge in [0.2, 0.25) is 5.92 Å². The molecule has 1 aromatic rings. The van der Waals surface area contributed by atoms with Gasteiger partial charge >= 0.3 is 0 Å². The molecule has 0 unspecified atom stereocenters. The van der Waals surface area contributed by atoms with Gasteiger partial charge in [-0.2, -0.15) is 0 Å². The summed E-state index contributed by atoms with van der Waals surface area (Å²) in [6, 6.07) is 5.76. The summed E-state index contributed by atoms with van der Waals surface area (Å²) in [7, 11) is 0. The van der Waals surface area contributed by atoms with Gasteiger partial charge in [-0.15, -0.1) is 0 Å². The van der Waals surface area contributed by atoms with Crippen molar-refractivity contribution in [1.82, 2.24) is 0 Å². The molecule has 0 heterocycles. The second-order valence-corrected chi connectivity index (χ2v) is 6.26. The van der Waals surface area contributed by atoms with Gasteiger partial charge in [0.1, 0.15) is 5.78 Å². The Hall–Kier alpha value is -0.770. The number of alkyl halides is 2. The first-order valence-electron chi connectivity index (χ1n) is 6.13. The average Bonchev–Trinajstić information content (AvgIpc) is 2.55. The number of halogens is 3. The van der Waals surface area contributed by atoms with Crippen LogP contribution in [0.1, 0.15) is 36.8 Å². The molecular weight excluding hydrogens is 302 g/mol. The third-order valence-electron chi connectivity index (χ3n) is 4.30. The molecule has 18 heavy (non-hydrogen) atoms. The second-order valence-electron chi connectivity index (χ2n) is 5.34. The van der Waals surface area contributed by atoms with Crippen LogP contribution in [0.2, 0.25) is 0 Å². The van der Waals surface area contributed by atoms with E-state index in [1.54, 1.807) is 0 Å². The fourth-order valence-corrected chi connectivity index (χ4v) is 3.67. The van der Waals surface area contributed by atoms with Crippen LogP contribution < -0.4 is 0 Å².